The normalized spacial score (nSPS) is 12.3. The fraction of sp³-hybridized carbons (Fsp3) is 0.294. The van der Waals surface area contributed by atoms with Crippen LogP contribution < -0.4 is 9.47 Å². The standard InChI is InChI=1S/C17H16ClNO5/c1-9-4-12(10(2)19(9)3)14(20)7-22-17(21)11-5-13(18)16-15(6-11)23-8-24-16/h4-6H,7-8H2,1-3H3. The summed E-state index contributed by atoms with van der Waals surface area (Å²) in [5.41, 5.74) is 2.55. The number of aryl methyl sites for hydroxylation is 1. The molecule has 7 heteroatoms. The highest BCUT2D eigenvalue weighted by atomic mass is 35.5. The first-order valence-corrected chi connectivity index (χ1v) is 7.68. The summed E-state index contributed by atoms with van der Waals surface area (Å²) in [6.07, 6.45) is 0. The Hall–Kier alpha value is -2.47. The molecule has 1 aromatic heterocycles. The van der Waals surface area contributed by atoms with Gasteiger partial charge in [-0.3, -0.25) is 4.79 Å². The van der Waals surface area contributed by atoms with Crippen molar-refractivity contribution in [1.29, 1.82) is 0 Å². The first-order valence-electron chi connectivity index (χ1n) is 7.31. The van der Waals surface area contributed by atoms with E-state index < -0.39 is 5.97 Å². The molecule has 0 unspecified atom stereocenters. The largest absolute Gasteiger partial charge is 0.454 e. The SMILES string of the molecule is Cc1cc(C(=O)COC(=O)c2cc(Cl)c3c(c2)OCO3)c(C)n1C. The molecular weight excluding hydrogens is 334 g/mol. The van der Waals surface area contributed by atoms with Gasteiger partial charge in [0, 0.05) is 24.0 Å². The van der Waals surface area contributed by atoms with E-state index in [4.69, 9.17) is 25.8 Å². The Bertz CT molecular complexity index is 840. The van der Waals surface area contributed by atoms with Gasteiger partial charge in [0.05, 0.1) is 10.6 Å². The first kappa shape index (κ1) is 16.4. The first-order chi connectivity index (χ1) is 11.4. The van der Waals surface area contributed by atoms with E-state index in [1.54, 1.807) is 6.07 Å². The van der Waals surface area contributed by atoms with Crippen LogP contribution in [-0.2, 0) is 11.8 Å². The number of hydrogen-bond donors (Lipinski definition) is 0. The second kappa shape index (κ2) is 6.20. The molecule has 0 amide bonds. The predicted octanol–water partition coefficient (Wildman–Crippen LogP) is 3.06. The molecule has 2 heterocycles. The van der Waals surface area contributed by atoms with Crippen molar-refractivity contribution in [3.05, 3.63) is 45.7 Å². The summed E-state index contributed by atoms with van der Waals surface area (Å²) >= 11 is 6.04. The smallest absolute Gasteiger partial charge is 0.338 e. The molecule has 0 radical (unpaired) electrons. The van der Waals surface area contributed by atoms with Crippen LogP contribution in [0.25, 0.3) is 0 Å². The Morgan fingerprint density at radius 3 is 2.67 bits per heavy atom. The number of Topliss-reactive ketones (excluding diaryl/α,β-unsaturated/α-hetero) is 1. The fourth-order valence-corrected chi connectivity index (χ4v) is 2.78. The lowest BCUT2D eigenvalue weighted by Gasteiger charge is -2.06. The van der Waals surface area contributed by atoms with Crippen molar-refractivity contribution in [2.75, 3.05) is 13.4 Å². The highest BCUT2D eigenvalue weighted by Gasteiger charge is 2.22. The van der Waals surface area contributed by atoms with Gasteiger partial charge in [-0.15, -0.1) is 0 Å². The Labute approximate surface area is 143 Å². The van der Waals surface area contributed by atoms with Gasteiger partial charge in [-0.1, -0.05) is 11.6 Å². The third-order valence-corrected chi connectivity index (χ3v) is 4.35. The average molecular weight is 350 g/mol. The lowest BCUT2D eigenvalue weighted by molar-refractivity contribution is 0.0474. The lowest BCUT2D eigenvalue weighted by atomic mass is 10.1. The van der Waals surface area contributed by atoms with E-state index in [2.05, 4.69) is 0 Å². The van der Waals surface area contributed by atoms with Gasteiger partial charge in [0.25, 0.3) is 0 Å². The van der Waals surface area contributed by atoms with Crippen LogP contribution in [0.1, 0.15) is 32.1 Å². The monoisotopic (exact) mass is 349 g/mol. The Kier molecular flexibility index (Phi) is 4.24. The third kappa shape index (κ3) is 2.85. The van der Waals surface area contributed by atoms with E-state index in [9.17, 15) is 9.59 Å². The second-order valence-corrected chi connectivity index (χ2v) is 5.94. The van der Waals surface area contributed by atoms with Crippen molar-refractivity contribution in [3.63, 3.8) is 0 Å². The second-order valence-electron chi connectivity index (χ2n) is 5.53. The van der Waals surface area contributed by atoms with Gasteiger partial charge in [-0.25, -0.2) is 4.79 Å². The van der Waals surface area contributed by atoms with E-state index in [0.29, 0.717) is 17.1 Å². The zero-order chi connectivity index (χ0) is 17.4. The van der Waals surface area contributed by atoms with Gasteiger partial charge in [-0.2, -0.15) is 0 Å². The Morgan fingerprint density at radius 2 is 2.00 bits per heavy atom. The minimum atomic E-state index is -0.645. The van der Waals surface area contributed by atoms with Gasteiger partial charge in [-0.05, 0) is 32.0 Å². The summed E-state index contributed by atoms with van der Waals surface area (Å²) in [5.74, 6) is -0.111. The highest BCUT2D eigenvalue weighted by molar-refractivity contribution is 6.32. The number of carbonyl (C=O) groups excluding carboxylic acids is 2. The summed E-state index contributed by atoms with van der Waals surface area (Å²) in [7, 11) is 1.88. The minimum absolute atomic E-state index is 0.0542. The van der Waals surface area contributed by atoms with Gasteiger partial charge in [0.2, 0.25) is 12.6 Å². The van der Waals surface area contributed by atoms with E-state index in [-0.39, 0.29) is 29.8 Å². The molecule has 0 atom stereocenters. The summed E-state index contributed by atoms with van der Waals surface area (Å²) in [6.45, 7) is 3.47. The van der Waals surface area contributed by atoms with Crippen LogP contribution in [0.15, 0.2) is 18.2 Å². The van der Waals surface area contributed by atoms with Gasteiger partial charge < -0.3 is 18.8 Å². The molecule has 1 aliphatic heterocycles. The van der Waals surface area contributed by atoms with Crippen molar-refractivity contribution in [1.82, 2.24) is 4.57 Å². The molecule has 24 heavy (non-hydrogen) atoms. The van der Waals surface area contributed by atoms with Crippen LogP contribution in [0.5, 0.6) is 11.5 Å². The lowest BCUT2D eigenvalue weighted by Crippen LogP contribution is -2.15. The van der Waals surface area contributed by atoms with E-state index >= 15 is 0 Å². The third-order valence-electron chi connectivity index (χ3n) is 4.07. The molecule has 1 aromatic carbocycles. The summed E-state index contributed by atoms with van der Waals surface area (Å²) < 4.78 is 17.4. The number of ether oxygens (including phenoxy) is 3. The van der Waals surface area contributed by atoms with Crippen molar-refractivity contribution in [2.45, 2.75) is 13.8 Å². The van der Waals surface area contributed by atoms with E-state index in [1.807, 2.05) is 25.5 Å². The summed E-state index contributed by atoms with van der Waals surface area (Å²) in [5, 5.41) is 0.262. The number of ketones is 1. The molecule has 1 aliphatic rings. The van der Waals surface area contributed by atoms with Gasteiger partial charge in [0.1, 0.15) is 0 Å². The number of halogens is 1. The zero-order valence-electron chi connectivity index (χ0n) is 13.5. The molecule has 126 valence electrons. The molecule has 3 rings (SSSR count). The number of hydrogen-bond acceptors (Lipinski definition) is 5. The van der Waals surface area contributed by atoms with Crippen LogP contribution in [-0.4, -0.2) is 29.7 Å². The number of rotatable bonds is 4. The molecule has 0 bridgehead atoms. The molecule has 0 aliphatic carbocycles. The Balaban J connectivity index is 1.71. The number of aromatic nitrogens is 1. The zero-order valence-corrected chi connectivity index (χ0v) is 14.3. The van der Waals surface area contributed by atoms with Crippen LogP contribution in [0.3, 0.4) is 0 Å². The summed E-state index contributed by atoms with van der Waals surface area (Å²) in [6, 6.07) is 4.70. The molecule has 0 saturated heterocycles. The number of fused-ring (bicyclic) bond motifs is 1. The maximum atomic E-state index is 12.3. The quantitative estimate of drug-likeness (QED) is 0.627. The van der Waals surface area contributed by atoms with E-state index in [1.165, 1.54) is 12.1 Å². The van der Waals surface area contributed by atoms with Crippen LogP contribution in [0.2, 0.25) is 5.02 Å². The van der Waals surface area contributed by atoms with Crippen molar-refractivity contribution in [3.8, 4) is 11.5 Å². The molecule has 2 aromatic rings. The Morgan fingerprint density at radius 1 is 1.25 bits per heavy atom. The van der Waals surface area contributed by atoms with Crippen LogP contribution in [0, 0.1) is 13.8 Å². The number of benzene rings is 1. The van der Waals surface area contributed by atoms with Crippen molar-refractivity contribution < 1.29 is 23.8 Å². The van der Waals surface area contributed by atoms with Crippen molar-refractivity contribution >= 4 is 23.4 Å². The number of carbonyl (C=O) groups is 2. The molecule has 0 fully saturated rings. The van der Waals surface area contributed by atoms with Gasteiger partial charge in [0.15, 0.2) is 18.1 Å². The topological polar surface area (TPSA) is 66.8 Å². The van der Waals surface area contributed by atoms with Crippen LogP contribution in [0.4, 0.5) is 0 Å². The molecule has 0 saturated carbocycles. The van der Waals surface area contributed by atoms with E-state index in [0.717, 1.165) is 11.4 Å². The predicted molar refractivity (Wildman–Crippen MR) is 87.1 cm³/mol. The molecule has 6 nitrogen and oxygen atoms in total. The number of nitrogens with zero attached hydrogens (tertiary/aromatic N) is 1. The average Bonchev–Trinajstić information content (AvgIpc) is 3.13. The van der Waals surface area contributed by atoms with Gasteiger partial charge >= 0.3 is 5.97 Å². The number of esters is 1. The van der Waals surface area contributed by atoms with Crippen LogP contribution >= 0.6 is 11.6 Å². The molecular formula is C17H16ClNO5. The summed E-state index contributed by atoms with van der Waals surface area (Å²) in [4.78, 5) is 24.4. The molecule has 0 N–H and O–H groups in total. The molecule has 0 spiro atoms. The minimum Gasteiger partial charge on any atom is -0.454 e. The highest BCUT2D eigenvalue weighted by Crippen LogP contribution is 2.39. The maximum absolute atomic E-state index is 12.3. The maximum Gasteiger partial charge on any atom is 0.338 e. The fourth-order valence-electron chi connectivity index (χ4n) is 2.52. The van der Waals surface area contributed by atoms with Crippen molar-refractivity contribution in [2.24, 2.45) is 7.05 Å².